The molecule has 0 radical (unpaired) electrons. The van der Waals surface area contributed by atoms with Crippen molar-refractivity contribution in [3.63, 3.8) is 0 Å². The Balaban J connectivity index is 1.81. The Morgan fingerprint density at radius 2 is 1.88 bits per heavy atom. The van der Waals surface area contributed by atoms with Crippen LogP contribution >= 0.6 is 11.3 Å². The van der Waals surface area contributed by atoms with Crippen molar-refractivity contribution in [3.8, 4) is 23.8 Å². The van der Waals surface area contributed by atoms with Gasteiger partial charge in [-0.1, -0.05) is 71.9 Å². The smallest absolute Gasteiger partial charge is 0.338 e. The minimum absolute atomic E-state index is 0.0103. The standard InChI is InChI=1S/C32H25FN2O5S/c1-4-18-40-29-22(12-9-13-24(29)38-3)19-25-30(36)35-28(21-14-16-23(33)17-15-21)26(31(37)39-5-2)27(34-32(35)41-25)20-10-7-6-8-11-20/h1,6-17,19,28H,5,18H2,2-3H3/b25-19-/t28-/m0/s1. The molecule has 1 aliphatic heterocycles. The van der Waals surface area contributed by atoms with Gasteiger partial charge < -0.3 is 14.2 Å². The molecule has 2 heterocycles. The number of methoxy groups -OCH3 is 1. The molecule has 3 aromatic carbocycles. The van der Waals surface area contributed by atoms with Gasteiger partial charge in [0, 0.05) is 11.1 Å². The SMILES string of the molecule is C#CCOc1c(/C=c2\sc3n(c2=O)[C@@H](c2ccc(F)cc2)C(C(=O)OCC)=C(c2ccccc2)N=3)cccc1OC. The third-order valence-electron chi connectivity index (χ3n) is 6.38. The van der Waals surface area contributed by atoms with Crippen LogP contribution in [0.5, 0.6) is 11.5 Å². The zero-order chi connectivity index (χ0) is 28.9. The second kappa shape index (κ2) is 12.1. The fourth-order valence-electron chi connectivity index (χ4n) is 4.62. The maximum Gasteiger partial charge on any atom is 0.338 e. The lowest BCUT2D eigenvalue weighted by Gasteiger charge is -2.25. The fraction of sp³-hybridized carbons (Fsp3) is 0.156. The number of hydrogen-bond donors (Lipinski definition) is 0. The van der Waals surface area contributed by atoms with Gasteiger partial charge in [0.05, 0.1) is 35.6 Å². The molecule has 0 saturated heterocycles. The van der Waals surface area contributed by atoms with Crippen molar-refractivity contribution in [2.45, 2.75) is 13.0 Å². The summed E-state index contributed by atoms with van der Waals surface area (Å²) in [7, 11) is 1.51. The minimum Gasteiger partial charge on any atom is -0.493 e. The zero-order valence-electron chi connectivity index (χ0n) is 22.3. The number of aromatic nitrogens is 1. The maximum absolute atomic E-state index is 14.0. The second-order valence-electron chi connectivity index (χ2n) is 8.85. The van der Waals surface area contributed by atoms with Gasteiger partial charge in [-0.15, -0.1) is 6.42 Å². The third-order valence-corrected chi connectivity index (χ3v) is 7.36. The second-order valence-corrected chi connectivity index (χ2v) is 9.86. The third kappa shape index (κ3) is 5.42. The lowest BCUT2D eigenvalue weighted by atomic mass is 9.93. The molecule has 206 valence electrons. The van der Waals surface area contributed by atoms with Crippen LogP contribution in [0.25, 0.3) is 11.8 Å². The van der Waals surface area contributed by atoms with Gasteiger partial charge in [-0.2, -0.15) is 0 Å². The quantitative estimate of drug-likeness (QED) is 0.236. The van der Waals surface area contributed by atoms with E-state index in [0.29, 0.717) is 43.2 Å². The summed E-state index contributed by atoms with van der Waals surface area (Å²) in [4.78, 5) is 32.7. The molecule has 5 rings (SSSR count). The molecule has 0 aliphatic carbocycles. The average molecular weight is 569 g/mol. The van der Waals surface area contributed by atoms with Gasteiger partial charge in [0.15, 0.2) is 16.3 Å². The highest BCUT2D eigenvalue weighted by molar-refractivity contribution is 7.07. The van der Waals surface area contributed by atoms with Crippen LogP contribution in [0, 0.1) is 18.2 Å². The van der Waals surface area contributed by atoms with E-state index in [1.165, 1.54) is 23.8 Å². The number of carbonyl (C=O) groups is 1. The van der Waals surface area contributed by atoms with Gasteiger partial charge in [0.1, 0.15) is 12.4 Å². The van der Waals surface area contributed by atoms with Gasteiger partial charge in [0.25, 0.3) is 5.56 Å². The molecule has 1 aliphatic rings. The highest BCUT2D eigenvalue weighted by atomic mass is 32.1. The molecule has 0 spiro atoms. The summed E-state index contributed by atoms with van der Waals surface area (Å²) in [6.07, 6.45) is 7.08. The first kappa shape index (κ1) is 27.6. The zero-order valence-corrected chi connectivity index (χ0v) is 23.1. The minimum atomic E-state index is -0.911. The van der Waals surface area contributed by atoms with Crippen molar-refractivity contribution in [1.29, 1.82) is 0 Å². The number of ether oxygens (including phenoxy) is 3. The number of carbonyl (C=O) groups excluding carboxylic acids is 1. The van der Waals surface area contributed by atoms with Gasteiger partial charge in [-0.05, 0) is 36.8 Å². The van der Waals surface area contributed by atoms with Crippen molar-refractivity contribution in [1.82, 2.24) is 4.57 Å². The number of para-hydroxylation sites is 1. The van der Waals surface area contributed by atoms with E-state index in [4.69, 9.17) is 25.6 Å². The molecular weight excluding hydrogens is 543 g/mol. The monoisotopic (exact) mass is 568 g/mol. The molecule has 0 unspecified atom stereocenters. The van der Waals surface area contributed by atoms with Gasteiger partial charge in [-0.25, -0.2) is 14.2 Å². The van der Waals surface area contributed by atoms with Gasteiger partial charge >= 0.3 is 5.97 Å². The van der Waals surface area contributed by atoms with E-state index >= 15 is 0 Å². The van der Waals surface area contributed by atoms with Crippen LogP contribution in [0.3, 0.4) is 0 Å². The number of halogens is 1. The fourth-order valence-corrected chi connectivity index (χ4v) is 5.61. The molecule has 0 fully saturated rings. The Bertz CT molecular complexity index is 1850. The van der Waals surface area contributed by atoms with Crippen LogP contribution in [0.15, 0.2) is 88.2 Å². The summed E-state index contributed by atoms with van der Waals surface area (Å²) in [5.74, 6) is 2.24. The summed E-state index contributed by atoms with van der Waals surface area (Å²) in [5, 5.41) is 0. The highest BCUT2D eigenvalue weighted by Gasteiger charge is 2.35. The largest absolute Gasteiger partial charge is 0.493 e. The Hall–Kier alpha value is -4.94. The van der Waals surface area contributed by atoms with Crippen molar-refractivity contribution in [2.24, 2.45) is 4.99 Å². The van der Waals surface area contributed by atoms with E-state index in [-0.39, 0.29) is 24.3 Å². The summed E-state index contributed by atoms with van der Waals surface area (Å²) in [6, 6.07) is 19.3. The lowest BCUT2D eigenvalue weighted by molar-refractivity contribution is -0.138. The first-order valence-corrected chi connectivity index (χ1v) is 13.6. The predicted molar refractivity (Wildman–Crippen MR) is 155 cm³/mol. The summed E-state index contributed by atoms with van der Waals surface area (Å²) in [5.41, 5.74) is 1.97. The Morgan fingerprint density at radius 1 is 1.12 bits per heavy atom. The van der Waals surface area contributed by atoms with Crippen molar-refractivity contribution in [3.05, 3.63) is 121 Å². The number of terminal acetylenes is 1. The van der Waals surface area contributed by atoms with E-state index in [1.807, 2.05) is 30.3 Å². The Kier molecular flexibility index (Phi) is 8.13. The lowest BCUT2D eigenvalue weighted by Crippen LogP contribution is -2.40. The molecule has 9 heteroatoms. The highest BCUT2D eigenvalue weighted by Crippen LogP contribution is 2.35. The van der Waals surface area contributed by atoms with E-state index in [0.717, 1.165) is 11.3 Å². The van der Waals surface area contributed by atoms with Crippen LogP contribution in [-0.2, 0) is 9.53 Å². The molecule has 0 saturated carbocycles. The molecule has 4 aromatic rings. The molecule has 0 N–H and O–H groups in total. The van der Waals surface area contributed by atoms with Gasteiger partial charge in [-0.3, -0.25) is 9.36 Å². The first-order valence-electron chi connectivity index (χ1n) is 12.7. The number of benzene rings is 3. The summed E-state index contributed by atoms with van der Waals surface area (Å²) in [6.45, 7) is 1.84. The maximum atomic E-state index is 14.0. The topological polar surface area (TPSA) is 79.1 Å². The van der Waals surface area contributed by atoms with E-state index in [2.05, 4.69) is 5.92 Å². The van der Waals surface area contributed by atoms with Crippen LogP contribution in [0.2, 0.25) is 0 Å². The molecule has 41 heavy (non-hydrogen) atoms. The van der Waals surface area contributed by atoms with Crippen molar-refractivity contribution in [2.75, 3.05) is 20.3 Å². The summed E-state index contributed by atoms with van der Waals surface area (Å²) < 4.78 is 32.4. The number of esters is 1. The van der Waals surface area contributed by atoms with E-state index in [9.17, 15) is 14.0 Å². The number of nitrogens with zero attached hydrogens (tertiary/aromatic N) is 2. The molecule has 1 atom stereocenters. The van der Waals surface area contributed by atoms with Crippen LogP contribution in [0.1, 0.15) is 29.7 Å². The van der Waals surface area contributed by atoms with Gasteiger partial charge in [0.2, 0.25) is 0 Å². The normalized spacial score (nSPS) is 14.6. The molecule has 0 bridgehead atoms. The molecule has 1 aromatic heterocycles. The number of rotatable bonds is 8. The average Bonchev–Trinajstić information content (AvgIpc) is 3.30. The van der Waals surface area contributed by atoms with Crippen LogP contribution in [0.4, 0.5) is 4.39 Å². The number of fused-ring (bicyclic) bond motifs is 1. The molecule has 7 nitrogen and oxygen atoms in total. The van der Waals surface area contributed by atoms with E-state index < -0.39 is 17.8 Å². The van der Waals surface area contributed by atoms with Crippen molar-refractivity contribution < 1.29 is 23.4 Å². The van der Waals surface area contributed by atoms with Crippen LogP contribution < -0.4 is 24.4 Å². The predicted octanol–water partition coefficient (Wildman–Crippen LogP) is 4.10. The Labute approximate surface area is 239 Å². The first-order chi connectivity index (χ1) is 20.0. The van der Waals surface area contributed by atoms with Crippen LogP contribution in [-0.4, -0.2) is 30.9 Å². The van der Waals surface area contributed by atoms with E-state index in [1.54, 1.807) is 43.3 Å². The molecule has 0 amide bonds. The number of thiazole rings is 1. The summed E-state index contributed by atoms with van der Waals surface area (Å²) >= 11 is 1.16. The van der Waals surface area contributed by atoms with Crippen molar-refractivity contribution >= 4 is 29.1 Å². The molecular formula is C32H25FN2O5S. The number of hydrogen-bond acceptors (Lipinski definition) is 7. The Morgan fingerprint density at radius 3 is 2.56 bits per heavy atom.